The summed E-state index contributed by atoms with van der Waals surface area (Å²) in [5.41, 5.74) is -1.13. The first-order valence-electron chi connectivity index (χ1n) is 20.4. The Morgan fingerprint density at radius 3 is 2.60 bits per heavy atom. The van der Waals surface area contributed by atoms with Crippen molar-refractivity contribution in [2.45, 2.75) is 121 Å². The highest BCUT2D eigenvalue weighted by Crippen LogP contribution is 2.46. The van der Waals surface area contributed by atoms with Gasteiger partial charge in [0, 0.05) is 41.9 Å². The molecule has 2 saturated carbocycles. The van der Waals surface area contributed by atoms with E-state index >= 15 is 4.79 Å². The zero-order valence-electron chi connectivity index (χ0n) is 33.8. The number of aromatic nitrogens is 1. The van der Waals surface area contributed by atoms with Gasteiger partial charge in [-0.3, -0.25) is 19.1 Å². The first-order chi connectivity index (χ1) is 27.0. The minimum absolute atomic E-state index is 0.00279. The molecule has 2 aromatic rings. The van der Waals surface area contributed by atoms with E-state index in [-0.39, 0.29) is 31.2 Å². The molecule has 4 heterocycles. The van der Waals surface area contributed by atoms with E-state index in [4.69, 9.17) is 9.47 Å². The predicted molar refractivity (Wildman–Crippen MR) is 215 cm³/mol. The van der Waals surface area contributed by atoms with E-state index in [0.717, 1.165) is 29.8 Å². The molecule has 5 aliphatic rings. The Balaban J connectivity index is 1.24. The smallest absolute Gasteiger partial charge is 0.315 e. The van der Waals surface area contributed by atoms with Crippen molar-refractivity contribution in [2.24, 2.45) is 17.8 Å². The van der Waals surface area contributed by atoms with Crippen molar-refractivity contribution in [3.05, 3.63) is 36.5 Å². The molecule has 16 heteroatoms. The highest BCUT2D eigenvalue weighted by Gasteiger charge is 2.62. The second-order valence-electron chi connectivity index (χ2n) is 17.7. The van der Waals surface area contributed by atoms with E-state index in [0.29, 0.717) is 50.0 Å². The third-order valence-electron chi connectivity index (χ3n) is 12.0. The lowest BCUT2D eigenvalue weighted by Gasteiger charge is -2.34. The number of nitrogens with one attached hydrogen (secondary N) is 4. The van der Waals surface area contributed by atoms with Crippen LogP contribution in [0.3, 0.4) is 0 Å². The van der Waals surface area contributed by atoms with Crippen molar-refractivity contribution < 1.29 is 37.1 Å². The minimum atomic E-state index is -3.90. The Bertz CT molecular complexity index is 2050. The number of sulfonamides is 1. The molecule has 1 aromatic carbocycles. The van der Waals surface area contributed by atoms with Crippen LogP contribution in [0.5, 0.6) is 11.6 Å². The quantitative estimate of drug-likeness (QED) is 0.300. The van der Waals surface area contributed by atoms with Crippen molar-refractivity contribution in [1.82, 2.24) is 30.6 Å². The molecule has 7 rings (SSSR count). The monoisotopic (exact) mass is 807 g/mol. The van der Waals surface area contributed by atoms with E-state index in [9.17, 15) is 22.8 Å². The summed E-state index contributed by atoms with van der Waals surface area (Å²) in [4.78, 5) is 65.1. The predicted octanol–water partition coefficient (Wildman–Crippen LogP) is 3.76. The Morgan fingerprint density at radius 2 is 1.88 bits per heavy atom. The molecule has 310 valence electrons. The first-order valence-corrected chi connectivity index (χ1v) is 21.9. The molecule has 0 unspecified atom stereocenters. The third kappa shape index (κ3) is 8.65. The second-order valence-corrected chi connectivity index (χ2v) is 19.6. The number of anilines is 1. The van der Waals surface area contributed by atoms with Gasteiger partial charge in [-0.05, 0) is 89.3 Å². The van der Waals surface area contributed by atoms with Gasteiger partial charge < -0.3 is 35.2 Å². The van der Waals surface area contributed by atoms with Gasteiger partial charge in [-0.15, -0.1) is 0 Å². The molecule has 15 nitrogen and oxygen atoms in total. The van der Waals surface area contributed by atoms with E-state index < -0.39 is 74.2 Å². The van der Waals surface area contributed by atoms with Gasteiger partial charge in [0.05, 0.1) is 24.0 Å². The zero-order chi connectivity index (χ0) is 40.9. The summed E-state index contributed by atoms with van der Waals surface area (Å²) >= 11 is 0. The number of hydrogen-bond acceptors (Lipinski definition) is 10. The summed E-state index contributed by atoms with van der Waals surface area (Å²) in [6, 6.07) is 3.18. The average Bonchev–Trinajstić information content (AvgIpc) is 4.07. The van der Waals surface area contributed by atoms with Crippen molar-refractivity contribution in [2.75, 3.05) is 31.6 Å². The summed E-state index contributed by atoms with van der Waals surface area (Å²) in [6.45, 7) is 11.0. The molecule has 1 saturated heterocycles. The molecule has 57 heavy (non-hydrogen) atoms. The van der Waals surface area contributed by atoms with E-state index in [1.54, 1.807) is 6.20 Å². The summed E-state index contributed by atoms with van der Waals surface area (Å²) < 4.78 is 40.8. The molecular weight excluding hydrogens is 751 g/mol. The summed E-state index contributed by atoms with van der Waals surface area (Å²) in [5.74, 6) is -1.27. The summed E-state index contributed by atoms with van der Waals surface area (Å²) in [5, 5.41) is 9.74. The van der Waals surface area contributed by atoms with Crippen LogP contribution in [0.25, 0.3) is 10.8 Å². The van der Waals surface area contributed by atoms with Crippen LogP contribution >= 0.6 is 0 Å². The van der Waals surface area contributed by atoms with Crippen molar-refractivity contribution in [1.29, 1.82) is 0 Å². The van der Waals surface area contributed by atoms with Crippen molar-refractivity contribution >= 4 is 50.2 Å². The molecule has 2 aliphatic carbocycles. The number of fused-ring (bicyclic) bond motifs is 5. The normalized spacial score (nSPS) is 29.4. The molecule has 0 radical (unpaired) electrons. The number of carbonyl (C=O) groups is 4. The SMILES string of the molecule is CC[C@@H]1C[C@@H](C)CCC=C[C@@H]2C[C@@]2(C(=O)NS(=O)(=O)C2CC2)NC(=O)[C@@H]2C[C@@H](Oc3nccc4c5c(ccc34)N(C)CCO5)CN2C(=O)[C@H]1NC(=O)NC(C)(C)C. The van der Waals surface area contributed by atoms with Crippen LogP contribution < -0.4 is 35.0 Å². The molecule has 1 aromatic heterocycles. The minimum Gasteiger partial charge on any atom is -0.489 e. The molecule has 3 aliphatic heterocycles. The Morgan fingerprint density at radius 1 is 1.11 bits per heavy atom. The van der Waals surface area contributed by atoms with Crippen molar-refractivity contribution in [3.8, 4) is 11.6 Å². The summed E-state index contributed by atoms with van der Waals surface area (Å²) in [7, 11) is -1.89. The molecule has 3 fully saturated rings. The standard InChI is InChI=1S/C41H57N7O8S/c1-7-25-20-24(2)10-8-9-11-26-22-41(26,38(51)46-57(53,54)28-12-13-28)44-35(49)32-21-27(23-48(32)37(50)33(25)43-39(52)45-40(3,4)5)56-36-30-14-15-31-34(29(30)16-17-42-36)55-19-18-47(31)6/h9,11,14-17,24-28,32-33H,7-8,10,12-13,18-23H2,1-6H3,(H,44,49)(H,46,51)(H2,43,45,52)/t24-,25+,26+,27+,32-,33-,41+/m0/s1. The average molecular weight is 808 g/mol. The largest absolute Gasteiger partial charge is 0.489 e. The maximum absolute atomic E-state index is 15.0. The van der Waals surface area contributed by atoms with Gasteiger partial charge in [-0.25, -0.2) is 18.2 Å². The van der Waals surface area contributed by atoms with E-state index in [1.165, 1.54) is 4.90 Å². The Kier molecular flexibility index (Phi) is 11.1. The lowest BCUT2D eigenvalue weighted by Crippen LogP contribution is -2.60. The van der Waals surface area contributed by atoms with Gasteiger partial charge in [0.2, 0.25) is 27.7 Å². The van der Waals surface area contributed by atoms with E-state index in [2.05, 4.69) is 37.5 Å². The van der Waals surface area contributed by atoms with Crippen LogP contribution in [-0.2, 0) is 24.4 Å². The Hall–Kier alpha value is -4.60. The van der Waals surface area contributed by atoms with Crippen LogP contribution in [0.1, 0.15) is 86.0 Å². The molecule has 0 spiro atoms. The number of rotatable bonds is 7. The van der Waals surface area contributed by atoms with E-state index in [1.807, 2.05) is 65.1 Å². The highest BCUT2D eigenvalue weighted by molar-refractivity contribution is 7.91. The number of amides is 5. The fourth-order valence-electron chi connectivity index (χ4n) is 8.53. The van der Waals surface area contributed by atoms with Crippen molar-refractivity contribution in [3.63, 3.8) is 0 Å². The van der Waals surface area contributed by atoms with Crippen LogP contribution in [0.2, 0.25) is 0 Å². The van der Waals surface area contributed by atoms with Crippen LogP contribution in [0.4, 0.5) is 10.5 Å². The topological polar surface area (TPSA) is 188 Å². The summed E-state index contributed by atoms with van der Waals surface area (Å²) in [6.07, 6.45) is 8.79. The van der Waals surface area contributed by atoms with Crippen LogP contribution in [-0.4, -0.2) is 103 Å². The van der Waals surface area contributed by atoms with Gasteiger partial charge in [-0.1, -0.05) is 32.4 Å². The van der Waals surface area contributed by atoms with Gasteiger partial charge in [-0.2, -0.15) is 0 Å². The van der Waals surface area contributed by atoms with Gasteiger partial charge in [0.25, 0.3) is 5.91 Å². The number of urea groups is 1. The number of hydrogen-bond donors (Lipinski definition) is 4. The molecule has 0 bridgehead atoms. The number of carbonyl (C=O) groups excluding carboxylic acids is 4. The molecule has 5 amide bonds. The number of pyridine rings is 1. The number of benzene rings is 1. The number of nitrogens with zero attached hydrogens (tertiary/aromatic N) is 3. The second kappa shape index (κ2) is 15.6. The lowest BCUT2D eigenvalue weighted by atomic mass is 9.85. The maximum Gasteiger partial charge on any atom is 0.315 e. The number of likely N-dealkylation sites (N-methyl/N-ethyl adjacent to an activating group) is 1. The Labute approximate surface area is 335 Å². The van der Waals surface area contributed by atoms with Gasteiger partial charge >= 0.3 is 6.03 Å². The lowest BCUT2D eigenvalue weighted by molar-refractivity contribution is -0.142. The number of allylic oxidation sites excluding steroid dienone is 1. The third-order valence-corrected chi connectivity index (χ3v) is 13.8. The molecule has 4 N–H and O–H groups in total. The van der Waals surface area contributed by atoms with Crippen LogP contribution in [0.15, 0.2) is 36.5 Å². The molecular formula is C41H57N7O8S. The molecule has 7 atom stereocenters. The van der Waals surface area contributed by atoms with Gasteiger partial charge in [0.1, 0.15) is 30.3 Å². The highest BCUT2D eigenvalue weighted by atomic mass is 32.2. The van der Waals surface area contributed by atoms with Gasteiger partial charge in [0.15, 0.2) is 5.75 Å². The number of ether oxygens (including phenoxy) is 2. The fraction of sp³-hybridized carbons (Fsp3) is 0.634. The zero-order valence-corrected chi connectivity index (χ0v) is 34.6. The fourth-order valence-corrected chi connectivity index (χ4v) is 9.90. The maximum atomic E-state index is 15.0. The first kappa shape index (κ1) is 40.6. The van der Waals surface area contributed by atoms with Crippen LogP contribution in [0, 0.1) is 17.8 Å².